The summed E-state index contributed by atoms with van der Waals surface area (Å²) in [7, 11) is -4.18. The zero-order valence-corrected chi connectivity index (χ0v) is 16.5. The molecule has 0 aliphatic rings. The SMILES string of the molecule is CN(C)S(=O)(=O)c1ccc(CNS(=O)(=O)c2ccc(Br)s2)s1. The number of thiophene rings is 2. The molecule has 2 heterocycles. The Morgan fingerprint density at radius 2 is 1.68 bits per heavy atom. The van der Waals surface area contributed by atoms with Crippen molar-refractivity contribution in [3.63, 3.8) is 0 Å². The molecule has 0 radical (unpaired) electrons. The lowest BCUT2D eigenvalue weighted by Gasteiger charge is -2.08. The van der Waals surface area contributed by atoms with Crippen LogP contribution in [0.3, 0.4) is 0 Å². The monoisotopic (exact) mass is 444 g/mol. The third kappa shape index (κ3) is 3.96. The Bertz CT molecular complexity index is 868. The molecule has 2 aromatic heterocycles. The Kier molecular flexibility index (Phi) is 5.47. The van der Waals surface area contributed by atoms with Crippen molar-refractivity contribution in [3.8, 4) is 0 Å². The predicted octanol–water partition coefficient (Wildman–Crippen LogP) is 2.30. The molecule has 2 rings (SSSR count). The van der Waals surface area contributed by atoms with Crippen LogP contribution in [-0.2, 0) is 26.6 Å². The maximum atomic E-state index is 12.1. The molecule has 0 saturated heterocycles. The zero-order chi connectivity index (χ0) is 16.5. The molecule has 22 heavy (non-hydrogen) atoms. The fraction of sp³-hybridized carbons (Fsp3) is 0.273. The largest absolute Gasteiger partial charge is 0.252 e. The maximum absolute atomic E-state index is 12.1. The van der Waals surface area contributed by atoms with Gasteiger partial charge in [0, 0.05) is 25.5 Å². The lowest BCUT2D eigenvalue weighted by Crippen LogP contribution is -2.22. The first-order chi connectivity index (χ1) is 10.1. The highest BCUT2D eigenvalue weighted by molar-refractivity contribution is 9.11. The third-order valence-corrected chi connectivity index (χ3v) is 9.51. The van der Waals surface area contributed by atoms with Crippen molar-refractivity contribution in [1.29, 1.82) is 0 Å². The van der Waals surface area contributed by atoms with Gasteiger partial charge in [-0.15, -0.1) is 22.7 Å². The topological polar surface area (TPSA) is 83.6 Å². The van der Waals surface area contributed by atoms with Crippen molar-refractivity contribution in [2.75, 3.05) is 14.1 Å². The van der Waals surface area contributed by atoms with Crippen LogP contribution in [0.1, 0.15) is 4.88 Å². The highest BCUT2D eigenvalue weighted by Crippen LogP contribution is 2.27. The van der Waals surface area contributed by atoms with E-state index in [1.165, 1.54) is 26.2 Å². The van der Waals surface area contributed by atoms with Gasteiger partial charge in [0.05, 0.1) is 3.79 Å². The molecule has 0 fully saturated rings. The lowest BCUT2D eigenvalue weighted by atomic mass is 10.5. The molecule has 122 valence electrons. The summed E-state index contributed by atoms with van der Waals surface area (Å²) >= 11 is 5.37. The molecular formula is C11H13BrN2O4S4. The second-order valence-electron chi connectivity index (χ2n) is 4.39. The van der Waals surface area contributed by atoms with E-state index in [1.807, 2.05) is 0 Å². The zero-order valence-electron chi connectivity index (χ0n) is 11.6. The highest BCUT2D eigenvalue weighted by atomic mass is 79.9. The maximum Gasteiger partial charge on any atom is 0.252 e. The van der Waals surface area contributed by atoms with Gasteiger partial charge in [-0.3, -0.25) is 0 Å². The number of halogens is 1. The molecule has 0 aromatic carbocycles. The Morgan fingerprint density at radius 1 is 1.05 bits per heavy atom. The Morgan fingerprint density at radius 3 is 2.23 bits per heavy atom. The van der Waals surface area contributed by atoms with Crippen molar-refractivity contribution in [1.82, 2.24) is 9.03 Å². The fourth-order valence-electron chi connectivity index (χ4n) is 1.45. The normalized spacial score (nSPS) is 12.9. The van der Waals surface area contributed by atoms with E-state index in [0.29, 0.717) is 4.88 Å². The van der Waals surface area contributed by atoms with Gasteiger partial charge in [0.15, 0.2) is 0 Å². The Balaban J connectivity index is 2.12. The van der Waals surface area contributed by atoms with Crippen molar-refractivity contribution in [2.45, 2.75) is 15.0 Å². The van der Waals surface area contributed by atoms with Crippen LogP contribution in [0.2, 0.25) is 0 Å². The average molecular weight is 445 g/mol. The first kappa shape index (κ1) is 18.0. The molecule has 0 aliphatic heterocycles. The van der Waals surface area contributed by atoms with E-state index in [-0.39, 0.29) is 15.0 Å². The molecule has 0 saturated carbocycles. The number of sulfonamides is 2. The van der Waals surface area contributed by atoms with Gasteiger partial charge in [0.25, 0.3) is 10.0 Å². The number of nitrogens with zero attached hydrogens (tertiary/aromatic N) is 1. The van der Waals surface area contributed by atoms with Gasteiger partial charge in [-0.25, -0.2) is 25.9 Å². The van der Waals surface area contributed by atoms with E-state index in [9.17, 15) is 16.8 Å². The smallest absolute Gasteiger partial charge is 0.206 e. The summed E-state index contributed by atoms with van der Waals surface area (Å²) in [5, 5.41) is 0. The number of hydrogen-bond acceptors (Lipinski definition) is 6. The van der Waals surface area contributed by atoms with Crippen LogP contribution in [-0.4, -0.2) is 35.2 Å². The van der Waals surface area contributed by atoms with Crippen LogP contribution in [0.25, 0.3) is 0 Å². The summed E-state index contributed by atoms with van der Waals surface area (Å²) < 4.78 is 52.8. The van der Waals surface area contributed by atoms with E-state index < -0.39 is 20.0 Å². The van der Waals surface area contributed by atoms with Gasteiger partial charge in [0.2, 0.25) is 10.0 Å². The summed E-state index contributed by atoms with van der Waals surface area (Å²) in [4.78, 5) is 0.625. The van der Waals surface area contributed by atoms with Crippen molar-refractivity contribution < 1.29 is 16.8 Å². The average Bonchev–Trinajstić information content (AvgIpc) is 3.05. The molecule has 0 bridgehead atoms. The van der Waals surface area contributed by atoms with Gasteiger partial charge in [-0.1, -0.05) is 0 Å². The molecule has 6 nitrogen and oxygen atoms in total. The molecule has 0 unspecified atom stereocenters. The summed E-state index contributed by atoms with van der Waals surface area (Å²) in [5.41, 5.74) is 0. The third-order valence-electron chi connectivity index (χ3n) is 2.62. The Hall–Kier alpha value is -0.300. The van der Waals surface area contributed by atoms with Gasteiger partial charge >= 0.3 is 0 Å². The van der Waals surface area contributed by atoms with E-state index in [4.69, 9.17) is 0 Å². The van der Waals surface area contributed by atoms with Gasteiger partial charge in [-0.05, 0) is 40.2 Å². The summed E-state index contributed by atoms with van der Waals surface area (Å²) in [6.07, 6.45) is 0. The van der Waals surface area contributed by atoms with E-state index in [0.717, 1.165) is 30.8 Å². The quantitative estimate of drug-likeness (QED) is 0.740. The van der Waals surface area contributed by atoms with Crippen molar-refractivity contribution in [2.24, 2.45) is 0 Å². The van der Waals surface area contributed by atoms with Gasteiger partial charge in [-0.2, -0.15) is 0 Å². The van der Waals surface area contributed by atoms with Crippen LogP contribution in [0, 0.1) is 0 Å². The minimum Gasteiger partial charge on any atom is -0.206 e. The van der Waals surface area contributed by atoms with Gasteiger partial charge < -0.3 is 0 Å². The van der Waals surface area contributed by atoms with Gasteiger partial charge in [0.1, 0.15) is 8.42 Å². The molecule has 0 amide bonds. The summed E-state index contributed by atoms with van der Waals surface area (Å²) in [5.74, 6) is 0. The molecule has 0 spiro atoms. The van der Waals surface area contributed by atoms with Crippen LogP contribution in [0.5, 0.6) is 0 Å². The highest BCUT2D eigenvalue weighted by Gasteiger charge is 2.21. The van der Waals surface area contributed by atoms with E-state index in [1.54, 1.807) is 12.1 Å². The van der Waals surface area contributed by atoms with Crippen LogP contribution in [0.4, 0.5) is 0 Å². The number of hydrogen-bond donors (Lipinski definition) is 1. The van der Waals surface area contributed by atoms with E-state index in [2.05, 4.69) is 20.7 Å². The number of nitrogens with one attached hydrogen (secondary N) is 1. The molecule has 0 aliphatic carbocycles. The molecular weight excluding hydrogens is 432 g/mol. The van der Waals surface area contributed by atoms with Crippen LogP contribution >= 0.6 is 38.6 Å². The molecule has 2 aromatic rings. The molecule has 1 N–H and O–H groups in total. The van der Waals surface area contributed by atoms with Crippen LogP contribution in [0.15, 0.2) is 36.5 Å². The Labute approximate surface area is 146 Å². The first-order valence-corrected chi connectivity index (χ1v) is 11.2. The fourth-order valence-corrected chi connectivity index (χ4v) is 7.07. The van der Waals surface area contributed by atoms with Crippen molar-refractivity contribution in [3.05, 3.63) is 32.9 Å². The van der Waals surface area contributed by atoms with E-state index >= 15 is 0 Å². The number of rotatable bonds is 6. The minimum atomic E-state index is -3.59. The lowest BCUT2D eigenvalue weighted by molar-refractivity contribution is 0.523. The van der Waals surface area contributed by atoms with Crippen LogP contribution < -0.4 is 4.72 Å². The first-order valence-electron chi connectivity index (χ1n) is 5.89. The molecule has 11 heteroatoms. The molecule has 0 atom stereocenters. The summed E-state index contributed by atoms with van der Waals surface area (Å²) in [6, 6.07) is 6.25. The summed E-state index contributed by atoms with van der Waals surface area (Å²) in [6.45, 7) is 0.0471. The standard InChI is InChI=1S/C11H13BrN2O4S4/c1-14(2)22(17,18)11-5-3-8(19-11)7-13-21(15,16)10-6-4-9(12)20-10/h3-6,13H,7H2,1-2H3. The second-order valence-corrected chi connectivity index (χ2v) is 12.4. The minimum absolute atomic E-state index is 0.0471. The predicted molar refractivity (Wildman–Crippen MR) is 91.2 cm³/mol. The van der Waals surface area contributed by atoms with Crippen molar-refractivity contribution >= 4 is 58.7 Å². The second kappa shape index (κ2) is 6.67.